The van der Waals surface area contributed by atoms with Crippen LogP contribution in [0.3, 0.4) is 0 Å². The lowest BCUT2D eigenvalue weighted by atomic mass is 9.93. The first-order valence-electron chi connectivity index (χ1n) is 11.2. The van der Waals surface area contributed by atoms with E-state index >= 15 is 0 Å². The molecule has 3 atom stereocenters. The number of hydrogen-bond acceptors (Lipinski definition) is 3. The predicted octanol–water partition coefficient (Wildman–Crippen LogP) is 6.23. The average Bonchev–Trinajstić information content (AvgIpc) is 2.59. The summed E-state index contributed by atoms with van der Waals surface area (Å²) in [6.07, 6.45) is 14.8. The van der Waals surface area contributed by atoms with Gasteiger partial charge in [-0.15, -0.1) is 0 Å². The van der Waals surface area contributed by atoms with E-state index in [9.17, 15) is 5.11 Å². The number of ether oxygens (including phenoxy) is 2. The van der Waals surface area contributed by atoms with Gasteiger partial charge in [0.05, 0.1) is 13.2 Å². The first-order valence-corrected chi connectivity index (χ1v) is 11.2. The van der Waals surface area contributed by atoms with Gasteiger partial charge in [0.15, 0.2) is 0 Å². The number of methoxy groups -OCH3 is 1. The van der Waals surface area contributed by atoms with Crippen LogP contribution in [0.1, 0.15) is 98.3 Å². The molecule has 1 N–H and O–H groups in total. The Balaban J connectivity index is 3.47. The van der Waals surface area contributed by atoms with Crippen LogP contribution in [-0.4, -0.2) is 38.1 Å². The fourth-order valence-electron chi connectivity index (χ4n) is 3.45. The molecule has 0 heterocycles. The monoisotopic (exact) mass is 372 g/mol. The Labute approximate surface area is 164 Å². The van der Waals surface area contributed by atoms with E-state index in [1.165, 1.54) is 64.2 Å². The molecule has 0 amide bonds. The van der Waals surface area contributed by atoms with Crippen molar-refractivity contribution in [3.05, 3.63) is 0 Å². The third-order valence-corrected chi connectivity index (χ3v) is 5.39. The second kappa shape index (κ2) is 18.3. The van der Waals surface area contributed by atoms with E-state index in [1.54, 1.807) is 7.11 Å². The van der Waals surface area contributed by atoms with E-state index < -0.39 is 0 Å². The normalized spacial score (nSPS) is 15.3. The molecular formula is C23H48O3. The molecule has 0 fully saturated rings. The molecule has 0 aliphatic heterocycles. The van der Waals surface area contributed by atoms with E-state index in [0.717, 1.165) is 24.9 Å². The van der Waals surface area contributed by atoms with Crippen molar-refractivity contribution in [2.24, 2.45) is 17.8 Å². The van der Waals surface area contributed by atoms with Gasteiger partial charge in [-0.3, -0.25) is 0 Å². The Morgan fingerprint density at radius 1 is 0.692 bits per heavy atom. The van der Waals surface area contributed by atoms with Gasteiger partial charge in [-0.05, 0) is 24.2 Å². The van der Waals surface area contributed by atoms with E-state index in [4.69, 9.17) is 9.47 Å². The second-order valence-corrected chi connectivity index (χ2v) is 8.80. The van der Waals surface area contributed by atoms with Gasteiger partial charge in [-0.1, -0.05) is 91.9 Å². The van der Waals surface area contributed by atoms with Crippen LogP contribution >= 0.6 is 0 Å². The summed E-state index contributed by atoms with van der Waals surface area (Å²) >= 11 is 0. The first kappa shape index (κ1) is 25.9. The Morgan fingerprint density at radius 3 is 1.81 bits per heavy atom. The summed E-state index contributed by atoms with van der Waals surface area (Å²) < 4.78 is 10.7. The van der Waals surface area contributed by atoms with Gasteiger partial charge in [0.25, 0.3) is 0 Å². The summed E-state index contributed by atoms with van der Waals surface area (Å²) in [6, 6.07) is 0. The zero-order valence-electron chi connectivity index (χ0n) is 18.5. The molecule has 0 aliphatic rings. The predicted molar refractivity (Wildman–Crippen MR) is 113 cm³/mol. The molecule has 0 saturated carbocycles. The smallest absolute Gasteiger partial charge is 0.104 e. The molecule has 3 heteroatoms. The molecule has 0 radical (unpaired) electrons. The van der Waals surface area contributed by atoms with Gasteiger partial charge in [-0.25, -0.2) is 0 Å². The van der Waals surface area contributed by atoms with Gasteiger partial charge in [-0.2, -0.15) is 0 Å². The highest BCUT2D eigenvalue weighted by Gasteiger charge is 2.09. The molecule has 0 rings (SSSR count). The van der Waals surface area contributed by atoms with E-state index in [1.807, 2.05) is 0 Å². The maximum Gasteiger partial charge on any atom is 0.104 e. The van der Waals surface area contributed by atoms with Crippen LogP contribution in [0.25, 0.3) is 0 Å². The minimum Gasteiger partial charge on any atom is -0.394 e. The average molecular weight is 373 g/mol. The van der Waals surface area contributed by atoms with Crippen molar-refractivity contribution >= 4 is 0 Å². The van der Waals surface area contributed by atoms with E-state index in [0.29, 0.717) is 12.5 Å². The highest BCUT2D eigenvalue weighted by molar-refractivity contribution is 4.60. The van der Waals surface area contributed by atoms with Gasteiger partial charge < -0.3 is 14.6 Å². The van der Waals surface area contributed by atoms with Gasteiger partial charge in [0, 0.05) is 13.7 Å². The summed E-state index contributed by atoms with van der Waals surface area (Å²) in [6.45, 7) is 10.6. The molecule has 158 valence electrons. The fourth-order valence-corrected chi connectivity index (χ4v) is 3.45. The summed E-state index contributed by atoms with van der Waals surface area (Å²) in [5.41, 5.74) is 0. The summed E-state index contributed by atoms with van der Waals surface area (Å²) in [5.74, 6) is 2.44. The molecule has 3 nitrogen and oxygen atoms in total. The van der Waals surface area contributed by atoms with Crippen molar-refractivity contribution in [1.29, 1.82) is 0 Å². The topological polar surface area (TPSA) is 38.7 Å². The van der Waals surface area contributed by atoms with Crippen LogP contribution in [0.15, 0.2) is 0 Å². The highest BCUT2D eigenvalue weighted by Crippen LogP contribution is 2.20. The van der Waals surface area contributed by atoms with E-state index in [-0.39, 0.29) is 12.7 Å². The SMILES string of the molecule is COC[C@@H](CO)OCC[C@H](C)CCC[C@H](C)CCCCCCCC(C)C. The van der Waals surface area contributed by atoms with Gasteiger partial charge in [0.2, 0.25) is 0 Å². The quantitative estimate of drug-likeness (QED) is 0.273. The molecule has 0 bridgehead atoms. The highest BCUT2D eigenvalue weighted by atomic mass is 16.5. The summed E-state index contributed by atoms with van der Waals surface area (Å²) in [5, 5.41) is 9.17. The molecule has 0 saturated heterocycles. The largest absolute Gasteiger partial charge is 0.394 e. The lowest BCUT2D eigenvalue weighted by Crippen LogP contribution is -2.24. The molecule has 0 aromatic rings. The first-order chi connectivity index (χ1) is 12.5. The number of aliphatic hydroxyl groups excluding tert-OH is 1. The number of aliphatic hydroxyl groups is 1. The van der Waals surface area contributed by atoms with Crippen molar-refractivity contribution in [3.63, 3.8) is 0 Å². The fraction of sp³-hybridized carbons (Fsp3) is 1.00. The summed E-state index contributed by atoms with van der Waals surface area (Å²) in [7, 11) is 1.64. The van der Waals surface area contributed by atoms with Gasteiger partial charge in [0.1, 0.15) is 6.10 Å². The van der Waals surface area contributed by atoms with Crippen molar-refractivity contribution in [3.8, 4) is 0 Å². The van der Waals surface area contributed by atoms with Crippen molar-refractivity contribution < 1.29 is 14.6 Å². The molecule has 0 unspecified atom stereocenters. The number of unbranched alkanes of at least 4 members (excludes halogenated alkanes) is 4. The Kier molecular flexibility index (Phi) is 18.2. The van der Waals surface area contributed by atoms with Crippen LogP contribution in [0, 0.1) is 17.8 Å². The standard InChI is InChI=1S/C23H48O3/c1-20(2)12-9-7-6-8-10-13-21(3)14-11-15-22(4)16-17-26-23(18-24)19-25-5/h20-24H,6-19H2,1-5H3/t21-,22-,23-/m1/s1. The Hall–Kier alpha value is -0.120. The third kappa shape index (κ3) is 17.3. The van der Waals surface area contributed by atoms with Crippen LogP contribution in [0.5, 0.6) is 0 Å². The van der Waals surface area contributed by atoms with Crippen molar-refractivity contribution in [2.75, 3.05) is 26.9 Å². The maximum absolute atomic E-state index is 9.17. The zero-order chi connectivity index (χ0) is 19.6. The third-order valence-electron chi connectivity index (χ3n) is 5.39. The molecule has 0 aromatic heterocycles. The molecule has 0 aliphatic carbocycles. The maximum atomic E-state index is 9.17. The van der Waals surface area contributed by atoms with Crippen molar-refractivity contribution in [1.82, 2.24) is 0 Å². The molecule has 0 spiro atoms. The van der Waals surface area contributed by atoms with Crippen LogP contribution in [0.4, 0.5) is 0 Å². The number of hydrogen-bond donors (Lipinski definition) is 1. The minimum absolute atomic E-state index is 0.0391. The Bertz CT molecular complexity index is 281. The molecule has 26 heavy (non-hydrogen) atoms. The molecule has 0 aromatic carbocycles. The zero-order valence-corrected chi connectivity index (χ0v) is 18.5. The van der Waals surface area contributed by atoms with Gasteiger partial charge >= 0.3 is 0 Å². The van der Waals surface area contributed by atoms with Crippen molar-refractivity contribution in [2.45, 2.75) is 104 Å². The van der Waals surface area contributed by atoms with Crippen LogP contribution < -0.4 is 0 Å². The number of rotatable bonds is 19. The minimum atomic E-state index is -0.169. The van der Waals surface area contributed by atoms with Crippen LogP contribution in [0.2, 0.25) is 0 Å². The summed E-state index contributed by atoms with van der Waals surface area (Å²) in [4.78, 5) is 0. The van der Waals surface area contributed by atoms with Crippen LogP contribution in [-0.2, 0) is 9.47 Å². The lowest BCUT2D eigenvalue weighted by Gasteiger charge is -2.17. The second-order valence-electron chi connectivity index (χ2n) is 8.80. The lowest BCUT2D eigenvalue weighted by molar-refractivity contribution is -0.0346. The molecular weight excluding hydrogens is 324 g/mol. The van der Waals surface area contributed by atoms with E-state index in [2.05, 4.69) is 27.7 Å². The Morgan fingerprint density at radius 2 is 1.23 bits per heavy atom.